The molecule has 3 nitrogen and oxygen atoms in total. The van der Waals surface area contributed by atoms with E-state index in [0.717, 1.165) is 25.7 Å². The van der Waals surface area contributed by atoms with Gasteiger partial charge in [-0.3, -0.25) is 0 Å². The van der Waals surface area contributed by atoms with Gasteiger partial charge in [-0.15, -0.1) is 0 Å². The third-order valence-corrected chi connectivity index (χ3v) is 2.68. The van der Waals surface area contributed by atoms with Gasteiger partial charge in [-0.2, -0.15) is 0 Å². The molecule has 0 aromatic rings. The fraction of sp³-hybridized carbons (Fsp3) is 0.889. The van der Waals surface area contributed by atoms with Crippen LogP contribution in [-0.2, 0) is 9.53 Å². The maximum atomic E-state index is 10.7. The smallest absolute Gasteiger partial charge is 0.333 e. The van der Waals surface area contributed by atoms with Crippen LogP contribution in [-0.4, -0.2) is 23.3 Å². The number of carbonyl (C=O) groups is 1. The molecule has 1 atom stereocenters. The van der Waals surface area contributed by atoms with Crippen LogP contribution in [0.4, 0.5) is 0 Å². The lowest BCUT2D eigenvalue weighted by Crippen LogP contribution is -2.34. The van der Waals surface area contributed by atoms with E-state index in [1.165, 1.54) is 6.42 Å². The molecule has 0 saturated heterocycles. The Morgan fingerprint density at radius 1 is 1.33 bits per heavy atom. The Hall–Kier alpha value is -0.570. The van der Waals surface area contributed by atoms with Crippen molar-refractivity contribution in [2.75, 3.05) is 0 Å². The molecule has 0 bridgehead atoms. The first kappa shape index (κ1) is 8.05. The van der Waals surface area contributed by atoms with Crippen molar-refractivity contribution >= 4 is 5.97 Å². The molecule has 0 aromatic heterocycles. The topological polar surface area (TPSA) is 46.5 Å². The minimum absolute atomic E-state index is 0.242. The Morgan fingerprint density at radius 2 is 2.00 bits per heavy atom. The Bertz CT molecular complexity index is 182. The van der Waals surface area contributed by atoms with Crippen LogP contribution in [0.15, 0.2) is 0 Å². The molecule has 1 N–H and O–H groups in total. The Morgan fingerprint density at radius 3 is 2.33 bits per heavy atom. The van der Waals surface area contributed by atoms with Gasteiger partial charge in [0.15, 0.2) is 6.10 Å². The number of rotatable bonds is 4. The number of hydrogen-bond donors (Lipinski definition) is 1. The molecule has 2 aliphatic carbocycles. The summed E-state index contributed by atoms with van der Waals surface area (Å²) in [5.41, 5.74) is 0. The number of ether oxygens (including phenoxy) is 1. The molecule has 2 saturated carbocycles. The van der Waals surface area contributed by atoms with Gasteiger partial charge >= 0.3 is 5.97 Å². The van der Waals surface area contributed by atoms with Crippen molar-refractivity contribution in [3.8, 4) is 0 Å². The second-order valence-corrected chi connectivity index (χ2v) is 3.79. The molecular weight excluding hydrogens is 156 g/mol. The molecule has 68 valence electrons. The van der Waals surface area contributed by atoms with Gasteiger partial charge in [-0.25, -0.2) is 4.79 Å². The molecule has 0 spiro atoms. The van der Waals surface area contributed by atoms with E-state index < -0.39 is 12.1 Å². The highest BCUT2D eigenvalue weighted by molar-refractivity contribution is 5.73. The van der Waals surface area contributed by atoms with Crippen LogP contribution in [0, 0.1) is 5.92 Å². The lowest BCUT2D eigenvalue weighted by atomic mass is 9.96. The monoisotopic (exact) mass is 170 g/mol. The lowest BCUT2D eigenvalue weighted by Gasteiger charge is -2.28. The lowest BCUT2D eigenvalue weighted by molar-refractivity contribution is -0.159. The molecule has 0 radical (unpaired) electrons. The van der Waals surface area contributed by atoms with Gasteiger partial charge in [0, 0.05) is 0 Å². The third kappa shape index (κ3) is 1.61. The molecule has 2 aliphatic rings. The first-order valence-corrected chi connectivity index (χ1v) is 4.65. The fourth-order valence-corrected chi connectivity index (χ4v) is 1.48. The quantitative estimate of drug-likeness (QED) is 0.694. The molecule has 2 rings (SSSR count). The second kappa shape index (κ2) is 3.05. The van der Waals surface area contributed by atoms with Crippen molar-refractivity contribution < 1.29 is 14.6 Å². The van der Waals surface area contributed by atoms with Gasteiger partial charge in [0.05, 0.1) is 6.10 Å². The molecule has 0 aliphatic heterocycles. The standard InChI is InChI=1S/C9H14O3/c10-9(11)8(6-4-5-6)12-7-2-1-3-7/h6-8H,1-5H2,(H,10,11). The zero-order valence-electron chi connectivity index (χ0n) is 7.03. The van der Waals surface area contributed by atoms with E-state index in [9.17, 15) is 4.79 Å². The summed E-state index contributed by atoms with van der Waals surface area (Å²) in [7, 11) is 0. The predicted octanol–water partition coefficient (Wildman–Crippen LogP) is 1.42. The molecule has 1 unspecified atom stereocenters. The minimum Gasteiger partial charge on any atom is -0.479 e. The Kier molecular flexibility index (Phi) is 2.05. The Balaban J connectivity index is 1.83. The van der Waals surface area contributed by atoms with Crippen molar-refractivity contribution in [2.24, 2.45) is 5.92 Å². The van der Waals surface area contributed by atoms with Crippen LogP contribution in [0.2, 0.25) is 0 Å². The first-order chi connectivity index (χ1) is 5.77. The molecule has 0 heterocycles. The molecule has 0 aromatic carbocycles. The van der Waals surface area contributed by atoms with Gasteiger partial charge in [0.25, 0.3) is 0 Å². The number of carboxylic acid groups (broad SMARTS) is 1. The van der Waals surface area contributed by atoms with Gasteiger partial charge in [-0.1, -0.05) is 0 Å². The van der Waals surface area contributed by atoms with E-state index in [1.54, 1.807) is 0 Å². The normalized spacial score (nSPS) is 26.3. The molecular formula is C9H14O3. The summed E-state index contributed by atoms with van der Waals surface area (Å²) >= 11 is 0. The van der Waals surface area contributed by atoms with E-state index in [0.29, 0.717) is 5.92 Å². The van der Waals surface area contributed by atoms with Crippen molar-refractivity contribution in [3.05, 3.63) is 0 Å². The average molecular weight is 170 g/mol. The summed E-state index contributed by atoms with van der Waals surface area (Å²) in [5.74, 6) is -0.465. The van der Waals surface area contributed by atoms with Gasteiger partial charge in [0.1, 0.15) is 0 Å². The van der Waals surface area contributed by atoms with Crippen LogP contribution in [0.3, 0.4) is 0 Å². The molecule has 0 amide bonds. The fourth-order valence-electron chi connectivity index (χ4n) is 1.48. The Labute approximate surface area is 71.7 Å². The largest absolute Gasteiger partial charge is 0.479 e. The maximum absolute atomic E-state index is 10.7. The van der Waals surface area contributed by atoms with Crippen LogP contribution < -0.4 is 0 Å². The third-order valence-electron chi connectivity index (χ3n) is 2.68. The second-order valence-electron chi connectivity index (χ2n) is 3.79. The molecule has 2 fully saturated rings. The summed E-state index contributed by atoms with van der Waals surface area (Å²) < 4.78 is 5.47. The SMILES string of the molecule is O=C(O)C(OC1CCC1)C1CC1. The summed E-state index contributed by atoms with van der Waals surface area (Å²) in [6.07, 6.45) is 5.10. The van der Waals surface area contributed by atoms with Crippen LogP contribution in [0.1, 0.15) is 32.1 Å². The highest BCUT2D eigenvalue weighted by atomic mass is 16.5. The average Bonchev–Trinajstić information content (AvgIpc) is 2.66. The van der Waals surface area contributed by atoms with E-state index in [-0.39, 0.29) is 6.10 Å². The van der Waals surface area contributed by atoms with Gasteiger partial charge in [-0.05, 0) is 38.0 Å². The van der Waals surface area contributed by atoms with E-state index >= 15 is 0 Å². The van der Waals surface area contributed by atoms with Crippen molar-refractivity contribution in [1.29, 1.82) is 0 Å². The van der Waals surface area contributed by atoms with Crippen molar-refractivity contribution in [1.82, 2.24) is 0 Å². The summed E-state index contributed by atoms with van der Waals surface area (Å²) in [5, 5.41) is 8.83. The highest BCUT2D eigenvalue weighted by Gasteiger charge is 2.39. The zero-order chi connectivity index (χ0) is 8.55. The van der Waals surface area contributed by atoms with Gasteiger partial charge in [0.2, 0.25) is 0 Å². The zero-order valence-corrected chi connectivity index (χ0v) is 7.03. The minimum atomic E-state index is -0.774. The summed E-state index contributed by atoms with van der Waals surface area (Å²) in [6, 6.07) is 0. The van der Waals surface area contributed by atoms with E-state index in [1.807, 2.05) is 0 Å². The van der Waals surface area contributed by atoms with Crippen LogP contribution in [0.5, 0.6) is 0 Å². The molecule has 12 heavy (non-hydrogen) atoms. The predicted molar refractivity (Wildman–Crippen MR) is 42.9 cm³/mol. The highest BCUT2D eigenvalue weighted by Crippen LogP contribution is 2.37. The number of carboxylic acids is 1. The maximum Gasteiger partial charge on any atom is 0.333 e. The van der Waals surface area contributed by atoms with Crippen LogP contribution >= 0.6 is 0 Å². The van der Waals surface area contributed by atoms with Crippen LogP contribution in [0.25, 0.3) is 0 Å². The summed E-state index contributed by atoms with van der Waals surface area (Å²) in [4.78, 5) is 10.7. The van der Waals surface area contributed by atoms with Crippen molar-refractivity contribution in [2.45, 2.75) is 44.3 Å². The first-order valence-electron chi connectivity index (χ1n) is 4.65. The molecule has 3 heteroatoms. The summed E-state index contributed by atoms with van der Waals surface area (Å²) in [6.45, 7) is 0. The van der Waals surface area contributed by atoms with E-state index in [4.69, 9.17) is 9.84 Å². The van der Waals surface area contributed by atoms with Crippen molar-refractivity contribution in [3.63, 3.8) is 0 Å². The van der Waals surface area contributed by atoms with E-state index in [2.05, 4.69) is 0 Å². The van der Waals surface area contributed by atoms with Gasteiger partial charge < -0.3 is 9.84 Å². The number of hydrogen-bond acceptors (Lipinski definition) is 2. The number of aliphatic carboxylic acids is 1.